The molecule has 5 atom stereocenters. The molecule has 0 spiro atoms. The Balaban J connectivity index is 1.85. The zero-order valence-electron chi connectivity index (χ0n) is 14.5. The van der Waals surface area contributed by atoms with Crippen LogP contribution in [-0.4, -0.2) is 44.9 Å². The highest BCUT2D eigenvalue weighted by molar-refractivity contribution is 7.08. The van der Waals surface area contributed by atoms with Gasteiger partial charge in [0.2, 0.25) is 6.29 Å². The van der Waals surface area contributed by atoms with Crippen LogP contribution in [0.15, 0.2) is 41.1 Å². The fourth-order valence-corrected chi connectivity index (χ4v) is 3.73. The summed E-state index contributed by atoms with van der Waals surface area (Å²) in [5.74, 6) is -0.638. The van der Waals surface area contributed by atoms with Crippen LogP contribution in [0.4, 0.5) is 0 Å². The first-order valence-electron chi connectivity index (χ1n) is 8.75. The van der Waals surface area contributed by atoms with Crippen molar-refractivity contribution in [1.29, 1.82) is 0 Å². The lowest BCUT2D eigenvalue weighted by atomic mass is 9.90. The van der Waals surface area contributed by atoms with Gasteiger partial charge in [-0.3, -0.25) is 4.79 Å². The molecule has 1 aliphatic rings. The third-order valence-electron chi connectivity index (χ3n) is 4.50. The second-order valence-corrected chi connectivity index (χ2v) is 7.24. The van der Waals surface area contributed by atoms with Crippen LogP contribution < -0.4 is 4.74 Å². The van der Waals surface area contributed by atoms with Gasteiger partial charge in [-0.1, -0.05) is 18.2 Å². The molecule has 0 bridgehead atoms. The van der Waals surface area contributed by atoms with E-state index in [0.717, 1.165) is 0 Å². The summed E-state index contributed by atoms with van der Waals surface area (Å²) in [5.41, 5.74) is 0. The van der Waals surface area contributed by atoms with Crippen LogP contribution >= 0.6 is 11.3 Å². The Morgan fingerprint density at radius 1 is 1.35 bits per heavy atom. The van der Waals surface area contributed by atoms with Gasteiger partial charge < -0.3 is 25.2 Å². The maximum absolute atomic E-state index is 10.5. The summed E-state index contributed by atoms with van der Waals surface area (Å²) in [6.07, 6.45) is 6.93. The maximum Gasteiger partial charge on any atom is 0.303 e. The number of aliphatic hydroxyl groups excluding tert-OH is 3. The molecule has 1 aromatic rings. The van der Waals surface area contributed by atoms with Crippen molar-refractivity contribution in [2.24, 2.45) is 11.8 Å². The number of allylic oxidation sites excluding steroid dienone is 2. The summed E-state index contributed by atoms with van der Waals surface area (Å²) >= 11 is 1.47. The summed E-state index contributed by atoms with van der Waals surface area (Å²) in [6, 6.07) is 1.76. The lowest BCUT2D eigenvalue weighted by molar-refractivity contribution is -0.137. The summed E-state index contributed by atoms with van der Waals surface area (Å²) in [7, 11) is 0. The molecule has 4 N–H and O–H groups in total. The van der Waals surface area contributed by atoms with Gasteiger partial charge in [0, 0.05) is 24.1 Å². The average Bonchev–Trinajstić information content (AvgIpc) is 3.17. The molecule has 0 saturated heterocycles. The summed E-state index contributed by atoms with van der Waals surface area (Å²) in [6.45, 7) is 0. The molecule has 0 aliphatic heterocycles. The molecular formula is C19H26O6S. The van der Waals surface area contributed by atoms with Crippen LogP contribution in [0.5, 0.6) is 5.75 Å². The quantitative estimate of drug-likeness (QED) is 0.281. The topological polar surface area (TPSA) is 107 Å². The van der Waals surface area contributed by atoms with Crippen LogP contribution in [0, 0.1) is 11.8 Å². The molecule has 7 heteroatoms. The molecular weight excluding hydrogens is 356 g/mol. The average molecular weight is 382 g/mol. The first kappa shape index (κ1) is 20.6. The van der Waals surface area contributed by atoms with Gasteiger partial charge in [-0.05, 0) is 42.7 Å². The lowest BCUT2D eigenvalue weighted by Crippen LogP contribution is -2.21. The third kappa shape index (κ3) is 6.57. The molecule has 1 aliphatic carbocycles. The van der Waals surface area contributed by atoms with Crippen molar-refractivity contribution < 1.29 is 30.0 Å². The first-order valence-corrected chi connectivity index (χ1v) is 9.70. The van der Waals surface area contributed by atoms with E-state index in [1.165, 1.54) is 17.4 Å². The number of carboxylic acids is 1. The van der Waals surface area contributed by atoms with E-state index in [2.05, 4.69) is 0 Å². The number of hydrogen-bond acceptors (Lipinski definition) is 6. The number of thiophene rings is 1. The zero-order valence-corrected chi connectivity index (χ0v) is 15.3. The van der Waals surface area contributed by atoms with E-state index in [1.807, 2.05) is 17.5 Å². The number of carboxylic acid groups (broad SMARTS) is 1. The van der Waals surface area contributed by atoms with Crippen LogP contribution in [0.1, 0.15) is 32.1 Å². The second kappa shape index (κ2) is 10.5. The van der Waals surface area contributed by atoms with Crippen LogP contribution in [0.3, 0.4) is 0 Å². The fourth-order valence-electron chi connectivity index (χ4n) is 3.17. The predicted molar refractivity (Wildman–Crippen MR) is 98.9 cm³/mol. The molecule has 1 saturated carbocycles. The first-order chi connectivity index (χ1) is 12.5. The molecule has 2 rings (SSSR count). The van der Waals surface area contributed by atoms with E-state index in [-0.39, 0.29) is 18.3 Å². The minimum absolute atomic E-state index is 0.141. The van der Waals surface area contributed by atoms with Crippen molar-refractivity contribution in [1.82, 2.24) is 0 Å². The van der Waals surface area contributed by atoms with Crippen molar-refractivity contribution in [2.45, 2.75) is 50.6 Å². The highest BCUT2D eigenvalue weighted by atomic mass is 32.1. The van der Waals surface area contributed by atoms with Gasteiger partial charge in [0.15, 0.2) is 0 Å². The number of unbranched alkanes of at least 4 members (excludes halogenated alkanes) is 1. The van der Waals surface area contributed by atoms with Crippen molar-refractivity contribution in [3.8, 4) is 5.75 Å². The Bertz CT molecular complexity index is 597. The number of ether oxygens (including phenoxy) is 1. The Kier molecular flexibility index (Phi) is 8.31. The van der Waals surface area contributed by atoms with Crippen molar-refractivity contribution in [3.05, 3.63) is 41.1 Å². The molecule has 1 heterocycles. The van der Waals surface area contributed by atoms with Crippen molar-refractivity contribution in [2.75, 3.05) is 0 Å². The van der Waals surface area contributed by atoms with Gasteiger partial charge in [-0.15, -0.1) is 11.3 Å². The standard InChI is InChI=1S/C19H26O6S/c20-16-11-17(21)15(7-8-19(24)25-13-9-10-26-12-13)14(16)5-3-1-2-4-6-18(22)23/h1,3,7-10,12,14-17,19-21,24H,2,4-6,11H2,(H,22,23)/t14-,15?,16?,17-,19+/m1/s1. The number of carbonyl (C=O) groups is 1. The lowest BCUT2D eigenvalue weighted by Gasteiger charge is -2.19. The summed E-state index contributed by atoms with van der Waals surface area (Å²) in [4.78, 5) is 10.5. The molecule has 144 valence electrons. The summed E-state index contributed by atoms with van der Waals surface area (Å²) in [5, 5.41) is 42.5. The minimum Gasteiger partial charge on any atom is -0.481 e. The SMILES string of the molecule is O=C(O)CCCC=CC[C@H]1C(O)C[C@@H](O)C1C=C[C@@H](O)Oc1ccsc1. The van der Waals surface area contributed by atoms with E-state index in [0.29, 0.717) is 31.4 Å². The number of aliphatic hydroxyl groups is 3. The minimum atomic E-state index is -1.11. The molecule has 26 heavy (non-hydrogen) atoms. The molecule has 0 amide bonds. The van der Waals surface area contributed by atoms with Gasteiger partial charge in [-0.25, -0.2) is 0 Å². The van der Waals surface area contributed by atoms with Crippen molar-refractivity contribution >= 4 is 17.3 Å². The molecule has 2 unspecified atom stereocenters. The zero-order chi connectivity index (χ0) is 18.9. The highest BCUT2D eigenvalue weighted by Crippen LogP contribution is 2.36. The van der Waals surface area contributed by atoms with E-state index in [4.69, 9.17) is 9.84 Å². The van der Waals surface area contributed by atoms with Crippen LogP contribution in [0.25, 0.3) is 0 Å². The van der Waals surface area contributed by atoms with E-state index >= 15 is 0 Å². The van der Waals surface area contributed by atoms with E-state index < -0.39 is 24.5 Å². The Morgan fingerprint density at radius 2 is 2.15 bits per heavy atom. The predicted octanol–water partition coefficient (Wildman–Crippen LogP) is 2.56. The Hall–Kier alpha value is -1.67. The highest BCUT2D eigenvalue weighted by Gasteiger charge is 2.39. The molecule has 0 aromatic carbocycles. The maximum atomic E-state index is 10.5. The van der Waals surface area contributed by atoms with Gasteiger partial charge in [-0.2, -0.15) is 0 Å². The normalized spacial score (nSPS) is 27.3. The van der Waals surface area contributed by atoms with E-state index in [9.17, 15) is 20.1 Å². The Labute approximate surface area is 157 Å². The smallest absolute Gasteiger partial charge is 0.303 e. The van der Waals surface area contributed by atoms with Gasteiger partial charge in [0.1, 0.15) is 5.75 Å². The largest absolute Gasteiger partial charge is 0.481 e. The molecule has 1 fully saturated rings. The second-order valence-electron chi connectivity index (χ2n) is 6.46. The fraction of sp³-hybridized carbons (Fsp3) is 0.526. The monoisotopic (exact) mass is 382 g/mol. The molecule has 1 aromatic heterocycles. The van der Waals surface area contributed by atoms with Crippen molar-refractivity contribution in [3.63, 3.8) is 0 Å². The van der Waals surface area contributed by atoms with Gasteiger partial charge in [0.25, 0.3) is 0 Å². The molecule has 6 nitrogen and oxygen atoms in total. The summed E-state index contributed by atoms with van der Waals surface area (Å²) < 4.78 is 5.33. The van der Waals surface area contributed by atoms with E-state index in [1.54, 1.807) is 17.5 Å². The number of rotatable bonds is 10. The number of aliphatic carboxylic acids is 1. The van der Waals surface area contributed by atoms with Crippen LogP contribution in [-0.2, 0) is 4.79 Å². The Morgan fingerprint density at radius 3 is 2.85 bits per heavy atom. The van der Waals surface area contributed by atoms with Crippen LogP contribution in [0.2, 0.25) is 0 Å². The number of hydrogen-bond donors (Lipinski definition) is 4. The molecule has 0 radical (unpaired) electrons. The van der Waals surface area contributed by atoms with Gasteiger partial charge in [0.05, 0.1) is 12.2 Å². The third-order valence-corrected chi connectivity index (χ3v) is 5.16. The van der Waals surface area contributed by atoms with Gasteiger partial charge >= 0.3 is 5.97 Å².